The van der Waals surface area contributed by atoms with E-state index in [1.54, 1.807) is 0 Å². The highest BCUT2D eigenvalue weighted by Crippen LogP contribution is 2.39. The minimum absolute atomic E-state index is 0.465. The molecule has 0 fully saturated rings. The number of thiophene rings is 1. The van der Waals surface area contributed by atoms with E-state index in [1.807, 2.05) is 11.3 Å². The molecule has 1 unspecified atom stereocenters. The van der Waals surface area contributed by atoms with E-state index in [9.17, 15) is 0 Å². The van der Waals surface area contributed by atoms with Gasteiger partial charge in [-0.05, 0) is 81.5 Å². The monoisotopic (exact) mass is 433 g/mol. The third kappa shape index (κ3) is 2.60. The molecule has 0 amide bonds. The van der Waals surface area contributed by atoms with Crippen molar-refractivity contribution in [2.45, 2.75) is 25.3 Å². The molecular weight excluding hydrogens is 421 g/mol. The summed E-state index contributed by atoms with van der Waals surface area (Å²) in [4.78, 5) is 1.54. The third-order valence-corrected chi connectivity index (χ3v) is 5.94. The summed E-state index contributed by atoms with van der Waals surface area (Å²) in [5, 5.41) is 3.70. The maximum Gasteiger partial charge on any atom is 0.0705 e. The van der Waals surface area contributed by atoms with Gasteiger partial charge in [-0.3, -0.25) is 0 Å². The van der Waals surface area contributed by atoms with E-state index in [4.69, 9.17) is 0 Å². The number of hydrogen-bond acceptors (Lipinski definition) is 2. The van der Waals surface area contributed by atoms with Crippen molar-refractivity contribution in [2.75, 3.05) is 5.32 Å². The Morgan fingerprint density at radius 2 is 2.17 bits per heavy atom. The van der Waals surface area contributed by atoms with Crippen molar-refractivity contribution >= 4 is 55.5 Å². The summed E-state index contributed by atoms with van der Waals surface area (Å²) in [6, 6.07) is 11.2. The van der Waals surface area contributed by atoms with Crippen LogP contribution >= 0.6 is 49.9 Å². The zero-order valence-electron chi connectivity index (χ0n) is 9.75. The Hall–Kier alpha value is -0.0700. The molecule has 0 aliphatic heterocycles. The number of nitrogens with one attached hydrogen (secondary N) is 1. The number of benzene rings is 1. The van der Waals surface area contributed by atoms with Crippen molar-refractivity contribution in [3.63, 3.8) is 0 Å². The lowest BCUT2D eigenvalue weighted by atomic mass is 9.94. The summed E-state index contributed by atoms with van der Waals surface area (Å²) < 4.78 is 2.54. The molecule has 0 saturated carbocycles. The maximum atomic E-state index is 3.70. The Labute approximate surface area is 133 Å². The van der Waals surface area contributed by atoms with Gasteiger partial charge in [-0.1, -0.05) is 12.1 Å². The van der Waals surface area contributed by atoms with Gasteiger partial charge < -0.3 is 5.32 Å². The second-order valence-corrected chi connectivity index (χ2v) is 8.18. The Morgan fingerprint density at radius 1 is 1.33 bits per heavy atom. The average molecular weight is 434 g/mol. The molecule has 1 aliphatic carbocycles. The van der Waals surface area contributed by atoms with Crippen LogP contribution in [0.1, 0.15) is 29.3 Å². The zero-order chi connectivity index (χ0) is 12.5. The summed E-state index contributed by atoms with van der Waals surface area (Å²) in [5.41, 5.74) is 2.73. The minimum atomic E-state index is 0.465. The fourth-order valence-electron chi connectivity index (χ4n) is 2.44. The van der Waals surface area contributed by atoms with Crippen LogP contribution in [0.15, 0.2) is 34.1 Å². The second-order valence-electron chi connectivity index (χ2n) is 4.50. The first-order valence-corrected chi connectivity index (χ1v) is 8.72. The van der Waals surface area contributed by atoms with Crippen LogP contribution < -0.4 is 5.32 Å². The molecule has 1 N–H and O–H groups in total. The van der Waals surface area contributed by atoms with Gasteiger partial charge in [0.1, 0.15) is 0 Å². The summed E-state index contributed by atoms with van der Waals surface area (Å²) in [7, 11) is 0. The smallest absolute Gasteiger partial charge is 0.0705 e. The van der Waals surface area contributed by atoms with Gasteiger partial charge in [-0.25, -0.2) is 0 Å². The highest BCUT2D eigenvalue weighted by atomic mass is 127. The zero-order valence-corrected chi connectivity index (χ0v) is 14.3. The third-order valence-electron chi connectivity index (χ3n) is 3.29. The fourth-order valence-corrected chi connectivity index (χ4v) is 4.80. The van der Waals surface area contributed by atoms with Crippen LogP contribution in [-0.4, -0.2) is 0 Å². The number of hydrogen-bond donors (Lipinski definition) is 1. The first-order valence-electron chi connectivity index (χ1n) is 6.03. The minimum Gasteiger partial charge on any atom is -0.377 e. The topological polar surface area (TPSA) is 12.0 Å². The molecule has 2 aromatic rings. The van der Waals surface area contributed by atoms with Gasteiger partial charge in [0.2, 0.25) is 0 Å². The van der Waals surface area contributed by atoms with Gasteiger partial charge in [0, 0.05) is 14.1 Å². The molecule has 0 saturated heterocycles. The first kappa shape index (κ1) is 12.9. The van der Waals surface area contributed by atoms with E-state index in [2.05, 4.69) is 74.2 Å². The quantitative estimate of drug-likeness (QED) is 0.607. The van der Waals surface area contributed by atoms with Crippen molar-refractivity contribution in [3.8, 4) is 0 Å². The van der Waals surface area contributed by atoms with Crippen molar-refractivity contribution in [2.24, 2.45) is 0 Å². The van der Waals surface area contributed by atoms with E-state index in [1.165, 1.54) is 42.7 Å². The summed E-state index contributed by atoms with van der Waals surface area (Å²) in [6.07, 6.45) is 3.73. The number of fused-ring (bicyclic) bond motifs is 1. The van der Waals surface area contributed by atoms with Crippen LogP contribution in [0.5, 0.6) is 0 Å². The predicted octanol–water partition coefficient (Wildman–Crippen LogP) is 5.60. The van der Waals surface area contributed by atoms with Crippen LogP contribution in [0, 0.1) is 3.57 Å². The first-order chi connectivity index (χ1) is 8.74. The van der Waals surface area contributed by atoms with E-state index in [-0.39, 0.29) is 0 Å². The number of rotatable bonds is 2. The Morgan fingerprint density at radius 3 is 3.00 bits per heavy atom. The van der Waals surface area contributed by atoms with Crippen molar-refractivity contribution < 1.29 is 0 Å². The van der Waals surface area contributed by atoms with Crippen molar-refractivity contribution in [3.05, 3.63) is 48.1 Å². The van der Waals surface area contributed by atoms with E-state index >= 15 is 0 Å². The Balaban J connectivity index is 1.88. The molecule has 4 heteroatoms. The molecule has 0 bridgehead atoms. The molecule has 3 rings (SSSR count). The highest BCUT2D eigenvalue weighted by Gasteiger charge is 2.22. The summed E-state index contributed by atoms with van der Waals surface area (Å²) in [6.45, 7) is 0. The molecule has 1 atom stereocenters. The number of para-hydroxylation sites is 1. The second kappa shape index (κ2) is 5.51. The van der Waals surface area contributed by atoms with Crippen molar-refractivity contribution in [1.82, 2.24) is 0 Å². The molecule has 0 spiro atoms. The Bertz CT molecular complexity index is 567. The maximum absolute atomic E-state index is 3.70. The van der Waals surface area contributed by atoms with Crippen LogP contribution in [0.2, 0.25) is 0 Å². The fraction of sp³-hybridized carbons (Fsp3) is 0.286. The molecule has 1 aromatic heterocycles. The average Bonchev–Trinajstić information content (AvgIpc) is 2.73. The van der Waals surface area contributed by atoms with Gasteiger partial charge in [0.15, 0.2) is 0 Å². The van der Waals surface area contributed by atoms with Crippen LogP contribution in [0.3, 0.4) is 0 Å². The Kier molecular flexibility index (Phi) is 3.96. The molecule has 18 heavy (non-hydrogen) atoms. The van der Waals surface area contributed by atoms with Gasteiger partial charge >= 0.3 is 0 Å². The molecule has 94 valence electrons. The molecule has 1 nitrogen and oxygen atoms in total. The summed E-state index contributed by atoms with van der Waals surface area (Å²) >= 11 is 7.88. The number of anilines is 1. The molecule has 1 aromatic carbocycles. The van der Waals surface area contributed by atoms with Gasteiger partial charge in [0.05, 0.1) is 9.83 Å². The lowest BCUT2D eigenvalue weighted by Gasteiger charge is -2.25. The summed E-state index contributed by atoms with van der Waals surface area (Å²) in [5.74, 6) is 0. The van der Waals surface area contributed by atoms with Crippen LogP contribution in [0.4, 0.5) is 5.69 Å². The van der Waals surface area contributed by atoms with Gasteiger partial charge in [-0.15, -0.1) is 11.3 Å². The van der Waals surface area contributed by atoms with E-state index in [0.717, 1.165) is 0 Å². The standard InChI is InChI=1S/C14H13BrINS/c15-14-8-9-11(6-3-7-13(9)18-14)17-12-5-2-1-4-10(12)16/h1-2,4-5,8,11,17H,3,6-7H2. The van der Waals surface area contributed by atoms with Crippen LogP contribution in [0.25, 0.3) is 0 Å². The van der Waals surface area contributed by atoms with E-state index < -0.39 is 0 Å². The van der Waals surface area contributed by atoms with Crippen molar-refractivity contribution in [1.29, 1.82) is 0 Å². The lowest BCUT2D eigenvalue weighted by Crippen LogP contribution is -2.16. The molecule has 1 heterocycles. The largest absolute Gasteiger partial charge is 0.377 e. The molecular formula is C14H13BrINS. The lowest BCUT2D eigenvalue weighted by molar-refractivity contribution is 0.608. The van der Waals surface area contributed by atoms with E-state index in [0.29, 0.717) is 6.04 Å². The normalized spacial score (nSPS) is 18.4. The number of aryl methyl sites for hydroxylation is 1. The van der Waals surface area contributed by atoms with Gasteiger partial charge in [-0.2, -0.15) is 0 Å². The van der Waals surface area contributed by atoms with Crippen LogP contribution in [-0.2, 0) is 6.42 Å². The predicted molar refractivity (Wildman–Crippen MR) is 90.5 cm³/mol. The van der Waals surface area contributed by atoms with Gasteiger partial charge in [0.25, 0.3) is 0 Å². The number of halogens is 2. The highest BCUT2D eigenvalue weighted by molar-refractivity contribution is 14.1. The molecule has 0 radical (unpaired) electrons. The SMILES string of the molecule is Brc1cc2c(s1)CCCC2Nc1ccccc1I. The molecule has 1 aliphatic rings.